The minimum absolute atomic E-state index is 0.0980. The molecule has 6 N–H and O–H groups in total. The lowest BCUT2D eigenvalue weighted by Crippen LogP contribution is -2.56. The largest absolute Gasteiger partial charge is 0.370 e. The van der Waals surface area contributed by atoms with Crippen LogP contribution in [-0.2, 0) is 14.4 Å². The number of nitrogens with two attached hydrogens (primary N) is 2. The van der Waals surface area contributed by atoms with E-state index in [1.807, 2.05) is 0 Å². The molecule has 3 atom stereocenters. The smallest absolute Gasteiger partial charge is 0.251 e. The van der Waals surface area contributed by atoms with Crippen LogP contribution < -0.4 is 22.1 Å². The lowest BCUT2D eigenvalue weighted by Gasteiger charge is -2.31. The minimum Gasteiger partial charge on any atom is -0.370 e. The molecule has 36 heavy (non-hydrogen) atoms. The van der Waals surface area contributed by atoms with Crippen molar-refractivity contribution in [2.45, 2.75) is 57.7 Å². The summed E-state index contributed by atoms with van der Waals surface area (Å²) in [6.45, 7) is 2.95. The number of Topliss-reactive ketones (excluding diaryl/α,β-unsaturated/α-hetero) is 1. The van der Waals surface area contributed by atoms with Gasteiger partial charge in [0.05, 0.1) is 6.04 Å². The molecule has 1 aliphatic heterocycles. The fourth-order valence-electron chi connectivity index (χ4n) is 4.03. The maximum Gasteiger partial charge on any atom is 0.251 e. The highest BCUT2D eigenvalue weighted by molar-refractivity contribution is 9.10. The number of halogens is 2. The van der Waals surface area contributed by atoms with Crippen LogP contribution in [0.4, 0.5) is 4.39 Å². The van der Waals surface area contributed by atoms with Crippen molar-refractivity contribution < 1.29 is 23.6 Å². The van der Waals surface area contributed by atoms with Crippen molar-refractivity contribution in [3.8, 4) is 0 Å². The van der Waals surface area contributed by atoms with Gasteiger partial charge in [0.2, 0.25) is 11.8 Å². The topological polar surface area (TPSA) is 160 Å². The molecule has 1 aliphatic rings. The van der Waals surface area contributed by atoms with Gasteiger partial charge in [0, 0.05) is 23.1 Å². The van der Waals surface area contributed by atoms with Crippen LogP contribution in [0.15, 0.2) is 33.7 Å². The molecule has 0 bridgehead atoms. The zero-order valence-electron chi connectivity index (χ0n) is 20.5. The van der Waals surface area contributed by atoms with Gasteiger partial charge in [-0.3, -0.25) is 24.2 Å². The summed E-state index contributed by atoms with van der Waals surface area (Å²) in [6.07, 6.45) is 1.50. The van der Waals surface area contributed by atoms with E-state index in [0.717, 1.165) is 4.47 Å². The van der Waals surface area contributed by atoms with Gasteiger partial charge in [0.15, 0.2) is 11.7 Å². The summed E-state index contributed by atoms with van der Waals surface area (Å²) in [6, 6.07) is 4.07. The van der Waals surface area contributed by atoms with Crippen molar-refractivity contribution >= 4 is 45.4 Å². The lowest BCUT2D eigenvalue weighted by molar-refractivity contribution is -0.141. The Morgan fingerprint density at radius 2 is 1.94 bits per heavy atom. The van der Waals surface area contributed by atoms with Crippen LogP contribution in [0, 0.1) is 5.92 Å². The second-order valence-electron chi connectivity index (χ2n) is 9.01. The van der Waals surface area contributed by atoms with Crippen LogP contribution in [0.3, 0.4) is 0 Å². The maximum absolute atomic E-state index is 13.4. The average molecular weight is 569 g/mol. The van der Waals surface area contributed by atoms with Crippen molar-refractivity contribution in [3.63, 3.8) is 0 Å². The monoisotopic (exact) mass is 568 g/mol. The van der Waals surface area contributed by atoms with Gasteiger partial charge in [-0.1, -0.05) is 35.8 Å². The highest BCUT2D eigenvalue weighted by Gasteiger charge is 2.39. The van der Waals surface area contributed by atoms with E-state index < -0.39 is 42.4 Å². The number of hydrogen-bond donors (Lipinski definition) is 4. The number of nitrogens with zero attached hydrogens (tertiary/aromatic N) is 2. The molecular formula is C24H34BrFN6O4. The number of rotatable bonds is 12. The maximum atomic E-state index is 13.4. The van der Waals surface area contributed by atoms with Crippen molar-refractivity contribution in [2.24, 2.45) is 22.4 Å². The molecule has 198 valence electrons. The summed E-state index contributed by atoms with van der Waals surface area (Å²) in [4.78, 5) is 56.6. The highest BCUT2D eigenvalue weighted by Crippen LogP contribution is 2.21. The molecular weight excluding hydrogens is 535 g/mol. The average Bonchev–Trinajstić information content (AvgIpc) is 3.33. The van der Waals surface area contributed by atoms with Crippen molar-refractivity contribution in [3.05, 3.63) is 34.3 Å². The molecule has 0 aliphatic carbocycles. The number of carbonyl (C=O) groups excluding carboxylic acids is 4. The molecule has 10 nitrogen and oxygen atoms in total. The Labute approximate surface area is 218 Å². The van der Waals surface area contributed by atoms with Crippen LogP contribution in [-0.4, -0.2) is 72.3 Å². The number of aliphatic imine (C=N–C) groups is 1. The first-order valence-corrected chi connectivity index (χ1v) is 12.7. The van der Waals surface area contributed by atoms with Gasteiger partial charge in [-0.2, -0.15) is 0 Å². The predicted molar refractivity (Wildman–Crippen MR) is 138 cm³/mol. The summed E-state index contributed by atoms with van der Waals surface area (Å²) in [7, 11) is 0. The fraction of sp³-hybridized carbons (Fsp3) is 0.542. The molecule has 1 saturated heterocycles. The summed E-state index contributed by atoms with van der Waals surface area (Å²) >= 11 is 3.33. The van der Waals surface area contributed by atoms with E-state index in [0.29, 0.717) is 31.4 Å². The first-order chi connectivity index (χ1) is 17.0. The van der Waals surface area contributed by atoms with E-state index >= 15 is 0 Å². The van der Waals surface area contributed by atoms with Gasteiger partial charge >= 0.3 is 0 Å². The third-order valence-corrected chi connectivity index (χ3v) is 6.42. The first-order valence-electron chi connectivity index (χ1n) is 11.9. The number of benzene rings is 1. The van der Waals surface area contributed by atoms with Crippen molar-refractivity contribution in [1.82, 2.24) is 15.5 Å². The Bertz CT molecular complexity index is 985. The molecule has 3 amide bonds. The van der Waals surface area contributed by atoms with Gasteiger partial charge < -0.3 is 27.0 Å². The SMILES string of the molecule is CC(C)[C@H](NC(=O)c1cccc(Br)c1)C(=O)N1CCC[C@H]1C(=O)N[C@@H](CCCN=C(N)N)C(=O)CF. The molecule has 0 saturated carbocycles. The molecule has 0 unspecified atom stereocenters. The van der Waals surface area contributed by atoms with E-state index in [2.05, 4.69) is 31.6 Å². The van der Waals surface area contributed by atoms with E-state index in [-0.39, 0.29) is 30.8 Å². The zero-order chi connectivity index (χ0) is 26.8. The second-order valence-corrected chi connectivity index (χ2v) is 9.92. The van der Waals surface area contributed by atoms with Crippen LogP contribution in [0.1, 0.15) is 49.9 Å². The minimum atomic E-state index is -1.22. The molecule has 12 heteroatoms. The Morgan fingerprint density at radius 3 is 2.56 bits per heavy atom. The number of hydrogen-bond acceptors (Lipinski definition) is 5. The number of nitrogens with one attached hydrogen (secondary N) is 2. The standard InChI is InChI=1S/C24H34BrFN6O4/c1-14(2)20(31-21(34)15-6-3-7-16(25)12-15)23(36)32-11-5-9-18(32)22(35)30-17(19(33)13-26)8-4-10-29-24(27)28/h3,6-7,12,14,17-18,20H,4-5,8-11,13H2,1-2H3,(H,30,35)(H,31,34)(H4,27,28,29)/t17-,18-,20-/m0/s1. The lowest BCUT2D eigenvalue weighted by atomic mass is 10.0. The summed E-state index contributed by atoms with van der Waals surface area (Å²) in [5, 5.41) is 5.39. The van der Waals surface area contributed by atoms with Gasteiger partial charge in [-0.15, -0.1) is 0 Å². The van der Waals surface area contributed by atoms with Crippen molar-refractivity contribution in [1.29, 1.82) is 0 Å². The third-order valence-electron chi connectivity index (χ3n) is 5.93. The number of alkyl halides is 1. The summed E-state index contributed by atoms with van der Waals surface area (Å²) < 4.78 is 13.8. The number of likely N-dealkylation sites (tertiary alicyclic amines) is 1. The van der Waals surface area contributed by atoms with Crippen LogP contribution >= 0.6 is 15.9 Å². The molecule has 1 fully saturated rings. The molecule has 0 spiro atoms. The first kappa shape index (κ1) is 29.2. The molecule has 1 aromatic rings. The van der Waals surface area contributed by atoms with Crippen LogP contribution in [0.5, 0.6) is 0 Å². The fourth-order valence-corrected chi connectivity index (χ4v) is 4.43. The molecule has 0 radical (unpaired) electrons. The van der Waals surface area contributed by atoms with Gasteiger partial charge in [0.25, 0.3) is 5.91 Å². The van der Waals surface area contributed by atoms with Gasteiger partial charge in [-0.25, -0.2) is 4.39 Å². The zero-order valence-corrected chi connectivity index (χ0v) is 22.1. The third kappa shape index (κ3) is 8.28. The van der Waals surface area contributed by atoms with E-state index in [1.54, 1.807) is 38.1 Å². The molecule has 1 aromatic carbocycles. The highest BCUT2D eigenvalue weighted by atomic mass is 79.9. The van der Waals surface area contributed by atoms with Gasteiger partial charge in [0.1, 0.15) is 18.8 Å². The number of amides is 3. The van der Waals surface area contributed by atoms with Crippen molar-refractivity contribution in [2.75, 3.05) is 19.8 Å². The van der Waals surface area contributed by atoms with E-state index in [4.69, 9.17) is 11.5 Å². The Morgan fingerprint density at radius 1 is 1.22 bits per heavy atom. The number of carbonyl (C=O) groups is 4. The molecule has 2 rings (SSSR count). The number of ketones is 1. The Hall–Kier alpha value is -3.02. The Kier molecular flexibility index (Phi) is 11.3. The predicted octanol–water partition coefficient (Wildman–Crippen LogP) is 1.27. The van der Waals surface area contributed by atoms with E-state index in [9.17, 15) is 23.6 Å². The van der Waals surface area contributed by atoms with E-state index in [1.165, 1.54) is 4.90 Å². The molecule has 1 heterocycles. The Balaban J connectivity index is 2.10. The number of guanidine groups is 1. The summed E-state index contributed by atoms with van der Waals surface area (Å²) in [5.74, 6) is -2.42. The summed E-state index contributed by atoms with van der Waals surface area (Å²) in [5.41, 5.74) is 11.0. The quantitative estimate of drug-likeness (QED) is 0.169. The normalized spacial score (nSPS) is 16.8. The molecule has 0 aromatic heterocycles. The van der Waals surface area contributed by atoms with Crippen LogP contribution in [0.25, 0.3) is 0 Å². The second kappa shape index (κ2) is 13.9. The van der Waals surface area contributed by atoms with Crippen LogP contribution in [0.2, 0.25) is 0 Å². The van der Waals surface area contributed by atoms with Gasteiger partial charge in [-0.05, 0) is 49.8 Å².